The van der Waals surface area contributed by atoms with Gasteiger partial charge in [0, 0.05) is 36.8 Å². The Morgan fingerprint density at radius 3 is 2.64 bits per heavy atom. The second kappa shape index (κ2) is 5.99. The van der Waals surface area contributed by atoms with Gasteiger partial charge in [0.05, 0.1) is 5.56 Å². The minimum atomic E-state index is -0.493. The van der Waals surface area contributed by atoms with Gasteiger partial charge in [-0.2, -0.15) is 11.8 Å². The Hall–Kier alpha value is -1.43. The Labute approximate surface area is 135 Å². The Morgan fingerprint density at radius 2 is 2.00 bits per heavy atom. The Morgan fingerprint density at radius 1 is 1.27 bits per heavy atom. The van der Waals surface area contributed by atoms with Gasteiger partial charge in [0.25, 0.3) is 5.91 Å². The third-order valence-corrected chi connectivity index (χ3v) is 6.35. The van der Waals surface area contributed by atoms with Crippen molar-refractivity contribution in [2.24, 2.45) is 12.8 Å². The van der Waals surface area contributed by atoms with E-state index in [-0.39, 0.29) is 10.7 Å². The standard InChI is InChI=1S/C16H23N3O2S/c1-18-10-12(14(17)20)9-13(18)15(21)19-7-8-22-16(11-19)5-3-2-4-6-16/h9-10H,2-8,11H2,1H3,(H2,17,20). The molecule has 120 valence electrons. The van der Waals surface area contributed by atoms with Gasteiger partial charge in [-0.1, -0.05) is 19.3 Å². The molecular formula is C16H23N3O2S. The number of nitrogens with two attached hydrogens (primary N) is 1. The number of amides is 2. The van der Waals surface area contributed by atoms with Crippen LogP contribution < -0.4 is 5.73 Å². The topological polar surface area (TPSA) is 68.3 Å². The molecule has 0 unspecified atom stereocenters. The number of nitrogens with zero attached hydrogens (tertiary/aromatic N) is 2. The van der Waals surface area contributed by atoms with E-state index in [2.05, 4.69) is 0 Å². The second-order valence-electron chi connectivity index (χ2n) is 6.41. The lowest BCUT2D eigenvalue weighted by Crippen LogP contribution is -2.50. The van der Waals surface area contributed by atoms with Crippen molar-refractivity contribution in [3.05, 3.63) is 23.5 Å². The third kappa shape index (κ3) is 2.89. The van der Waals surface area contributed by atoms with Crippen molar-refractivity contribution in [2.75, 3.05) is 18.8 Å². The van der Waals surface area contributed by atoms with Crippen LogP contribution in [0.2, 0.25) is 0 Å². The molecule has 0 atom stereocenters. The van der Waals surface area contributed by atoms with Crippen molar-refractivity contribution in [2.45, 2.75) is 36.9 Å². The molecule has 0 bridgehead atoms. The van der Waals surface area contributed by atoms with E-state index >= 15 is 0 Å². The number of hydrogen-bond acceptors (Lipinski definition) is 3. The smallest absolute Gasteiger partial charge is 0.270 e. The predicted octanol–water partition coefficient (Wildman–Crippen LogP) is 2.02. The first-order valence-corrected chi connectivity index (χ1v) is 8.89. The molecule has 1 spiro atoms. The molecule has 22 heavy (non-hydrogen) atoms. The summed E-state index contributed by atoms with van der Waals surface area (Å²) in [4.78, 5) is 26.1. The molecule has 0 aromatic carbocycles. The van der Waals surface area contributed by atoms with Crippen molar-refractivity contribution in [1.29, 1.82) is 0 Å². The summed E-state index contributed by atoms with van der Waals surface area (Å²) >= 11 is 2.04. The maximum absolute atomic E-state index is 12.8. The monoisotopic (exact) mass is 321 g/mol. The van der Waals surface area contributed by atoms with E-state index in [1.165, 1.54) is 32.1 Å². The second-order valence-corrected chi connectivity index (χ2v) is 7.97. The van der Waals surface area contributed by atoms with Crippen LogP contribution in [0, 0.1) is 0 Å². The molecule has 2 amide bonds. The Bertz CT molecular complexity index is 585. The van der Waals surface area contributed by atoms with E-state index in [0.29, 0.717) is 11.3 Å². The molecule has 3 rings (SSSR count). The quantitative estimate of drug-likeness (QED) is 0.906. The molecule has 1 aliphatic heterocycles. The van der Waals surface area contributed by atoms with Crippen molar-refractivity contribution >= 4 is 23.6 Å². The van der Waals surface area contributed by atoms with E-state index in [0.717, 1.165) is 18.8 Å². The van der Waals surface area contributed by atoms with Gasteiger partial charge < -0.3 is 15.2 Å². The summed E-state index contributed by atoms with van der Waals surface area (Å²) in [7, 11) is 1.79. The van der Waals surface area contributed by atoms with E-state index in [1.54, 1.807) is 23.9 Å². The van der Waals surface area contributed by atoms with Gasteiger partial charge in [-0.05, 0) is 18.9 Å². The molecule has 1 aliphatic carbocycles. The van der Waals surface area contributed by atoms with Crippen LogP contribution in [-0.4, -0.2) is 44.9 Å². The van der Waals surface area contributed by atoms with Crippen molar-refractivity contribution in [3.63, 3.8) is 0 Å². The third-order valence-electron chi connectivity index (χ3n) is 4.81. The molecule has 2 aliphatic rings. The number of primary amides is 1. The highest BCUT2D eigenvalue weighted by Crippen LogP contribution is 2.42. The first-order valence-electron chi connectivity index (χ1n) is 7.90. The van der Waals surface area contributed by atoms with Crippen LogP contribution >= 0.6 is 11.8 Å². The van der Waals surface area contributed by atoms with Crippen LogP contribution in [0.1, 0.15) is 53.0 Å². The molecule has 0 radical (unpaired) electrons. The zero-order valence-corrected chi connectivity index (χ0v) is 13.8. The molecule has 5 nitrogen and oxygen atoms in total. The maximum Gasteiger partial charge on any atom is 0.270 e. The van der Waals surface area contributed by atoms with Gasteiger partial charge in [0.15, 0.2) is 0 Å². The first-order chi connectivity index (χ1) is 10.5. The SMILES string of the molecule is Cn1cc(C(N)=O)cc1C(=O)N1CCSC2(CCCCC2)C1. The van der Waals surface area contributed by atoms with E-state index in [9.17, 15) is 9.59 Å². The van der Waals surface area contributed by atoms with Crippen molar-refractivity contribution < 1.29 is 9.59 Å². The fourth-order valence-corrected chi connectivity index (χ4v) is 5.16. The van der Waals surface area contributed by atoms with Gasteiger partial charge in [-0.25, -0.2) is 0 Å². The summed E-state index contributed by atoms with van der Waals surface area (Å²) in [6.45, 7) is 1.61. The molecule has 2 N–H and O–H groups in total. The van der Waals surface area contributed by atoms with Crippen LogP contribution in [0.15, 0.2) is 12.3 Å². The molecule has 1 aromatic heterocycles. The number of hydrogen-bond donors (Lipinski definition) is 1. The highest BCUT2D eigenvalue weighted by Gasteiger charge is 2.39. The summed E-state index contributed by atoms with van der Waals surface area (Å²) < 4.78 is 1.96. The highest BCUT2D eigenvalue weighted by molar-refractivity contribution is 8.00. The summed E-state index contributed by atoms with van der Waals surface area (Å²) in [5, 5.41) is 0. The van der Waals surface area contributed by atoms with E-state index in [4.69, 9.17) is 5.73 Å². The summed E-state index contributed by atoms with van der Waals surface area (Å²) in [6, 6.07) is 1.61. The first kappa shape index (κ1) is 15.5. The summed E-state index contributed by atoms with van der Waals surface area (Å²) in [5.41, 5.74) is 6.25. The lowest BCUT2D eigenvalue weighted by molar-refractivity contribution is 0.0720. The normalized spacial score (nSPS) is 21.0. The van der Waals surface area contributed by atoms with Crippen LogP contribution in [0.25, 0.3) is 0 Å². The van der Waals surface area contributed by atoms with Gasteiger partial charge in [-0.15, -0.1) is 0 Å². The number of carbonyl (C=O) groups excluding carboxylic acids is 2. The maximum atomic E-state index is 12.8. The minimum Gasteiger partial charge on any atom is -0.366 e. The summed E-state index contributed by atoms with van der Waals surface area (Å²) in [5.74, 6) is 0.520. The molecule has 1 aromatic rings. The average molecular weight is 321 g/mol. The zero-order chi connectivity index (χ0) is 15.7. The number of aryl methyl sites for hydroxylation is 1. The number of carbonyl (C=O) groups is 2. The molecule has 1 saturated carbocycles. The fourth-order valence-electron chi connectivity index (χ4n) is 3.59. The minimum absolute atomic E-state index is 0.0141. The van der Waals surface area contributed by atoms with E-state index < -0.39 is 5.91 Å². The number of rotatable bonds is 2. The molecule has 1 saturated heterocycles. The summed E-state index contributed by atoms with van der Waals surface area (Å²) in [6.07, 6.45) is 7.90. The van der Waals surface area contributed by atoms with Gasteiger partial charge >= 0.3 is 0 Å². The van der Waals surface area contributed by atoms with Gasteiger partial charge in [-0.3, -0.25) is 9.59 Å². The van der Waals surface area contributed by atoms with Crippen LogP contribution in [0.3, 0.4) is 0 Å². The molecule has 2 fully saturated rings. The van der Waals surface area contributed by atoms with Gasteiger partial charge in [0.2, 0.25) is 5.91 Å². The van der Waals surface area contributed by atoms with Crippen molar-refractivity contribution in [1.82, 2.24) is 9.47 Å². The van der Waals surface area contributed by atoms with Crippen LogP contribution in [0.5, 0.6) is 0 Å². The largest absolute Gasteiger partial charge is 0.366 e. The van der Waals surface area contributed by atoms with Crippen LogP contribution in [0.4, 0.5) is 0 Å². The molecular weight excluding hydrogens is 298 g/mol. The fraction of sp³-hybridized carbons (Fsp3) is 0.625. The highest BCUT2D eigenvalue weighted by atomic mass is 32.2. The average Bonchev–Trinajstić information content (AvgIpc) is 2.89. The lowest BCUT2D eigenvalue weighted by Gasteiger charge is -2.44. The van der Waals surface area contributed by atoms with Crippen molar-refractivity contribution in [3.8, 4) is 0 Å². The Kier molecular flexibility index (Phi) is 4.21. The molecule has 2 heterocycles. The van der Waals surface area contributed by atoms with Gasteiger partial charge in [0.1, 0.15) is 5.69 Å². The lowest BCUT2D eigenvalue weighted by atomic mass is 9.87. The zero-order valence-electron chi connectivity index (χ0n) is 13.0. The predicted molar refractivity (Wildman–Crippen MR) is 88.1 cm³/mol. The van der Waals surface area contributed by atoms with Crippen LogP contribution in [-0.2, 0) is 7.05 Å². The van der Waals surface area contributed by atoms with E-state index in [1.807, 2.05) is 16.7 Å². The molecule has 6 heteroatoms. The number of aromatic nitrogens is 1. The Balaban J connectivity index is 1.78. The number of thioether (sulfide) groups is 1.